The van der Waals surface area contributed by atoms with Crippen LogP contribution in [-0.4, -0.2) is 33.5 Å². The van der Waals surface area contributed by atoms with E-state index in [2.05, 4.69) is 20.9 Å². The molecule has 0 aliphatic heterocycles. The number of carboxylic acid groups (broad SMARTS) is 1. The standard InChI is InChI=1S/C29H34N4O4/c1-18-15-19(2)24(20(3)16-18)32-28(37)31-23-17-21-11-7-8-12-22(21)30-25(23)26(34)33-29(27(35)36)13-9-5-4-6-10-14-29/h7-8,11-12,15-17H,4-6,9-10,13-14H2,1-3H3,(H,33,34)(H,35,36)(H2,31,32,37). The maximum atomic E-state index is 13.6. The van der Waals surface area contributed by atoms with Crippen molar-refractivity contribution in [2.24, 2.45) is 0 Å². The molecule has 8 nitrogen and oxygen atoms in total. The van der Waals surface area contributed by atoms with Crippen LogP contribution in [0.15, 0.2) is 42.5 Å². The number of para-hydroxylation sites is 1. The zero-order valence-electron chi connectivity index (χ0n) is 21.6. The number of hydrogen-bond donors (Lipinski definition) is 4. The predicted molar refractivity (Wildman–Crippen MR) is 145 cm³/mol. The second-order valence-corrected chi connectivity index (χ2v) is 10.0. The third kappa shape index (κ3) is 5.90. The van der Waals surface area contributed by atoms with Gasteiger partial charge in [0.15, 0.2) is 5.69 Å². The molecule has 1 aromatic heterocycles. The van der Waals surface area contributed by atoms with Gasteiger partial charge < -0.3 is 21.1 Å². The lowest BCUT2D eigenvalue weighted by Crippen LogP contribution is -2.55. The summed E-state index contributed by atoms with van der Waals surface area (Å²) in [6.45, 7) is 5.84. The molecule has 0 saturated heterocycles. The summed E-state index contributed by atoms with van der Waals surface area (Å²) >= 11 is 0. The molecule has 37 heavy (non-hydrogen) atoms. The van der Waals surface area contributed by atoms with Gasteiger partial charge in [-0.2, -0.15) is 0 Å². The maximum Gasteiger partial charge on any atom is 0.329 e. The first-order valence-corrected chi connectivity index (χ1v) is 12.8. The van der Waals surface area contributed by atoms with Crippen molar-refractivity contribution in [2.75, 3.05) is 10.6 Å². The first-order chi connectivity index (χ1) is 17.7. The third-order valence-corrected chi connectivity index (χ3v) is 7.07. The number of rotatable bonds is 5. The minimum atomic E-state index is -1.36. The summed E-state index contributed by atoms with van der Waals surface area (Å²) in [7, 11) is 0. The van der Waals surface area contributed by atoms with Crippen LogP contribution in [0.25, 0.3) is 10.9 Å². The Balaban J connectivity index is 1.66. The molecule has 4 N–H and O–H groups in total. The van der Waals surface area contributed by atoms with E-state index in [0.29, 0.717) is 24.0 Å². The van der Waals surface area contributed by atoms with Crippen LogP contribution in [0.5, 0.6) is 0 Å². The fraction of sp³-hybridized carbons (Fsp3) is 0.379. The van der Waals surface area contributed by atoms with Crippen molar-refractivity contribution in [3.63, 3.8) is 0 Å². The highest BCUT2D eigenvalue weighted by Gasteiger charge is 2.40. The quantitative estimate of drug-likeness (QED) is 0.336. The van der Waals surface area contributed by atoms with Crippen molar-refractivity contribution in [1.82, 2.24) is 10.3 Å². The van der Waals surface area contributed by atoms with E-state index in [1.807, 2.05) is 51.1 Å². The number of benzene rings is 2. The fourth-order valence-corrected chi connectivity index (χ4v) is 5.21. The summed E-state index contributed by atoms with van der Waals surface area (Å²) < 4.78 is 0. The molecule has 0 bridgehead atoms. The van der Waals surface area contributed by atoms with Gasteiger partial charge in [0.25, 0.3) is 5.91 Å². The van der Waals surface area contributed by atoms with Crippen LogP contribution in [0.2, 0.25) is 0 Å². The van der Waals surface area contributed by atoms with Gasteiger partial charge in [-0.25, -0.2) is 14.6 Å². The fourth-order valence-electron chi connectivity index (χ4n) is 5.21. The van der Waals surface area contributed by atoms with Crippen molar-refractivity contribution < 1.29 is 19.5 Å². The highest BCUT2D eigenvalue weighted by atomic mass is 16.4. The van der Waals surface area contributed by atoms with Crippen LogP contribution in [0, 0.1) is 20.8 Å². The monoisotopic (exact) mass is 502 g/mol. The second kappa shape index (κ2) is 11.0. The molecule has 3 amide bonds. The summed E-state index contributed by atoms with van der Waals surface area (Å²) in [5.74, 6) is -1.66. The molecule has 8 heteroatoms. The zero-order chi connectivity index (χ0) is 26.6. The number of aliphatic carboxylic acids is 1. The van der Waals surface area contributed by atoms with E-state index < -0.39 is 23.4 Å². The number of carbonyl (C=O) groups is 3. The Labute approximate surface area is 216 Å². The molecule has 194 valence electrons. The van der Waals surface area contributed by atoms with Gasteiger partial charge >= 0.3 is 12.0 Å². The molecule has 0 atom stereocenters. The van der Waals surface area contributed by atoms with Gasteiger partial charge in [-0.05, 0) is 56.9 Å². The van der Waals surface area contributed by atoms with E-state index in [1.165, 1.54) is 0 Å². The molecular formula is C29H34N4O4. The average Bonchev–Trinajstić information content (AvgIpc) is 2.82. The minimum Gasteiger partial charge on any atom is -0.480 e. The Bertz CT molecular complexity index is 1320. The maximum absolute atomic E-state index is 13.6. The van der Waals surface area contributed by atoms with Gasteiger partial charge in [0.1, 0.15) is 5.54 Å². The smallest absolute Gasteiger partial charge is 0.329 e. The Morgan fingerprint density at radius 1 is 0.865 bits per heavy atom. The summed E-state index contributed by atoms with van der Waals surface area (Å²) in [6, 6.07) is 12.4. The van der Waals surface area contributed by atoms with E-state index in [0.717, 1.165) is 54.2 Å². The van der Waals surface area contributed by atoms with Crippen molar-refractivity contribution in [3.8, 4) is 0 Å². The van der Waals surface area contributed by atoms with E-state index in [-0.39, 0.29) is 11.4 Å². The van der Waals surface area contributed by atoms with Crippen molar-refractivity contribution in [1.29, 1.82) is 0 Å². The van der Waals surface area contributed by atoms with Gasteiger partial charge in [0.2, 0.25) is 0 Å². The second-order valence-electron chi connectivity index (χ2n) is 10.0. The Hall–Kier alpha value is -3.94. The predicted octanol–water partition coefficient (Wildman–Crippen LogP) is 6.10. The lowest BCUT2D eigenvalue weighted by molar-refractivity contribution is -0.145. The summed E-state index contributed by atoms with van der Waals surface area (Å²) in [6.07, 6.45) is 5.10. The molecule has 2 aromatic carbocycles. The van der Waals surface area contributed by atoms with Crippen LogP contribution < -0.4 is 16.0 Å². The molecule has 1 fully saturated rings. The first-order valence-electron chi connectivity index (χ1n) is 12.8. The molecule has 4 rings (SSSR count). The number of amides is 3. The Kier molecular flexibility index (Phi) is 7.76. The molecule has 1 aliphatic carbocycles. The van der Waals surface area contributed by atoms with Gasteiger partial charge in [-0.3, -0.25) is 4.79 Å². The van der Waals surface area contributed by atoms with Gasteiger partial charge in [0.05, 0.1) is 11.2 Å². The van der Waals surface area contributed by atoms with Crippen LogP contribution in [-0.2, 0) is 4.79 Å². The number of urea groups is 1. The molecule has 0 unspecified atom stereocenters. The lowest BCUT2D eigenvalue weighted by atomic mass is 9.83. The van der Waals surface area contributed by atoms with E-state index in [4.69, 9.17) is 0 Å². The molecule has 1 aliphatic rings. The molecule has 3 aromatic rings. The topological polar surface area (TPSA) is 120 Å². The average molecular weight is 503 g/mol. The van der Waals surface area contributed by atoms with Crippen molar-refractivity contribution in [2.45, 2.75) is 71.3 Å². The largest absolute Gasteiger partial charge is 0.480 e. The number of carboxylic acids is 1. The van der Waals surface area contributed by atoms with Gasteiger partial charge in [-0.15, -0.1) is 0 Å². The van der Waals surface area contributed by atoms with Crippen LogP contribution >= 0.6 is 0 Å². The molecule has 1 heterocycles. The number of hydrogen-bond acceptors (Lipinski definition) is 4. The zero-order valence-corrected chi connectivity index (χ0v) is 21.6. The Morgan fingerprint density at radius 2 is 1.49 bits per heavy atom. The molecule has 0 spiro atoms. The highest BCUT2D eigenvalue weighted by Crippen LogP contribution is 2.29. The number of fused-ring (bicyclic) bond motifs is 1. The SMILES string of the molecule is Cc1cc(C)c(NC(=O)Nc2cc3ccccc3nc2C(=O)NC2(C(=O)O)CCCCCCC2)c(C)c1. The summed E-state index contributed by atoms with van der Waals surface area (Å²) in [5.41, 5.74) is 3.05. The summed E-state index contributed by atoms with van der Waals surface area (Å²) in [4.78, 5) is 43.5. The number of aryl methyl sites for hydroxylation is 3. The highest BCUT2D eigenvalue weighted by molar-refractivity contribution is 6.08. The van der Waals surface area contributed by atoms with Crippen molar-refractivity contribution >= 4 is 40.2 Å². The number of pyridine rings is 1. The number of nitrogens with zero attached hydrogens (tertiary/aromatic N) is 1. The normalized spacial score (nSPS) is 15.3. The third-order valence-electron chi connectivity index (χ3n) is 7.07. The number of carbonyl (C=O) groups excluding carboxylic acids is 2. The van der Waals surface area contributed by atoms with Crippen LogP contribution in [0.4, 0.5) is 16.2 Å². The number of aromatic nitrogens is 1. The minimum absolute atomic E-state index is 0.0196. The van der Waals surface area contributed by atoms with Gasteiger partial charge in [-0.1, -0.05) is 68.0 Å². The lowest BCUT2D eigenvalue weighted by Gasteiger charge is -2.32. The number of anilines is 2. The van der Waals surface area contributed by atoms with E-state index in [1.54, 1.807) is 12.1 Å². The van der Waals surface area contributed by atoms with Gasteiger partial charge in [0, 0.05) is 11.1 Å². The summed E-state index contributed by atoms with van der Waals surface area (Å²) in [5, 5.41) is 19.3. The van der Waals surface area contributed by atoms with E-state index in [9.17, 15) is 19.5 Å². The Morgan fingerprint density at radius 3 is 2.14 bits per heavy atom. The molecular weight excluding hydrogens is 468 g/mol. The first kappa shape index (κ1) is 26.1. The molecule has 0 radical (unpaired) electrons. The number of nitrogens with one attached hydrogen (secondary N) is 3. The van der Waals surface area contributed by atoms with E-state index >= 15 is 0 Å². The van der Waals surface area contributed by atoms with Crippen LogP contribution in [0.3, 0.4) is 0 Å². The van der Waals surface area contributed by atoms with Crippen molar-refractivity contribution in [3.05, 3.63) is 64.8 Å². The van der Waals surface area contributed by atoms with Crippen LogP contribution in [0.1, 0.15) is 72.1 Å². The molecule has 1 saturated carbocycles.